The second kappa shape index (κ2) is 11.0. The van der Waals surface area contributed by atoms with E-state index in [1.54, 1.807) is 26.1 Å². The lowest BCUT2D eigenvalue weighted by atomic mass is 10.1. The predicted octanol–water partition coefficient (Wildman–Crippen LogP) is 4.74. The highest BCUT2D eigenvalue weighted by atomic mass is 19.4. The minimum absolute atomic E-state index is 0.00346. The fourth-order valence-electron chi connectivity index (χ4n) is 2.29. The van der Waals surface area contributed by atoms with E-state index in [1.807, 2.05) is 13.0 Å². The number of alkyl halides is 3. The number of nitrogens with one attached hydrogen (secondary N) is 1. The van der Waals surface area contributed by atoms with Crippen LogP contribution >= 0.6 is 0 Å². The van der Waals surface area contributed by atoms with Gasteiger partial charge in [0.05, 0.1) is 13.2 Å². The number of ether oxygens (including phenoxy) is 2. The average Bonchev–Trinajstić information content (AvgIpc) is 2.58. The molecule has 0 amide bonds. The first-order valence-corrected chi connectivity index (χ1v) is 8.42. The molecule has 0 saturated carbocycles. The molecule has 0 bridgehead atoms. The molecule has 0 fully saturated rings. The zero-order valence-electron chi connectivity index (χ0n) is 15.2. The van der Waals surface area contributed by atoms with Crippen molar-refractivity contribution < 1.29 is 27.0 Å². The maximum Gasteiger partial charge on any atom is 0.420 e. The summed E-state index contributed by atoms with van der Waals surface area (Å²) in [4.78, 5) is 0. The van der Waals surface area contributed by atoms with E-state index in [1.165, 1.54) is 0 Å². The van der Waals surface area contributed by atoms with Crippen molar-refractivity contribution in [2.75, 3.05) is 26.8 Å². The number of hydrogen-bond donors (Lipinski definition) is 1. The first-order valence-electron chi connectivity index (χ1n) is 8.42. The predicted molar refractivity (Wildman–Crippen MR) is 93.8 cm³/mol. The van der Waals surface area contributed by atoms with Gasteiger partial charge in [-0.25, -0.2) is 4.39 Å². The largest absolute Gasteiger partial charge is 0.480 e. The van der Waals surface area contributed by atoms with Gasteiger partial charge in [-0.05, 0) is 38.1 Å². The summed E-state index contributed by atoms with van der Waals surface area (Å²) in [6.07, 6.45) is 0.367. The highest BCUT2D eigenvalue weighted by Crippen LogP contribution is 2.38. The lowest BCUT2D eigenvalue weighted by Crippen LogP contribution is -2.28. The standard InChI is InChI=1S/C19H25F4NO2/c1-4-7-14(8-5-2)17(13-25-12-11-24-3)26-18-15(19(21,22)23)9-6-10-16(18)20/h4,6-10,17,24H,5,11-13H2,1-3H3/b7-4-,14-8+. The first-order chi connectivity index (χ1) is 12.3. The first kappa shape index (κ1) is 22.2. The Hall–Kier alpha value is -1.86. The van der Waals surface area contributed by atoms with Gasteiger partial charge in [0.1, 0.15) is 11.7 Å². The van der Waals surface area contributed by atoms with Crippen LogP contribution in [0.2, 0.25) is 0 Å². The molecule has 0 spiro atoms. The van der Waals surface area contributed by atoms with Crippen molar-refractivity contribution in [1.82, 2.24) is 5.32 Å². The quantitative estimate of drug-likeness (QED) is 0.364. The second-order valence-electron chi connectivity index (χ2n) is 5.51. The molecule has 0 radical (unpaired) electrons. The highest BCUT2D eigenvalue weighted by Gasteiger charge is 2.36. The van der Waals surface area contributed by atoms with Crippen molar-refractivity contribution in [3.63, 3.8) is 0 Å². The molecule has 1 rings (SSSR count). The lowest BCUT2D eigenvalue weighted by molar-refractivity contribution is -0.139. The van der Waals surface area contributed by atoms with Crippen molar-refractivity contribution in [2.24, 2.45) is 0 Å². The molecule has 0 aliphatic carbocycles. The van der Waals surface area contributed by atoms with Gasteiger partial charge >= 0.3 is 6.18 Å². The summed E-state index contributed by atoms with van der Waals surface area (Å²) in [5, 5.41) is 2.91. The molecular formula is C19H25F4NO2. The summed E-state index contributed by atoms with van der Waals surface area (Å²) in [5.41, 5.74) is -0.509. The number of hydrogen-bond acceptors (Lipinski definition) is 3. The van der Waals surface area contributed by atoms with E-state index < -0.39 is 29.4 Å². The SMILES string of the molecule is C/C=C\C(=C/CC)C(COCCNC)Oc1c(F)cccc1C(F)(F)F. The molecule has 1 aromatic carbocycles. The van der Waals surface area contributed by atoms with Gasteiger partial charge in [0.2, 0.25) is 0 Å². The summed E-state index contributed by atoms with van der Waals surface area (Å²) in [6.45, 7) is 4.62. The number of para-hydroxylation sites is 1. The Kier molecular flexibility index (Phi) is 9.37. The van der Waals surface area contributed by atoms with Crippen LogP contribution in [-0.4, -0.2) is 32.9 Å². The normalized spacial score (nSPS) is 14.0. The number of allylic oxidation sites excluding steroid dienone is 2. The van der Waals surface area contributed by atoms with Gasteiger partial charge in [0.15, 0.2) is 11.6 Å². The van der Waals surface area contributed by atoms with E-state index >= 15 is 0 Å². The van der Waals surface area contributed by atoms with Gasteiger partial charge in [-0.2, -0.15) is 13.2 Å². The third kappa shape index (κ3) is 6.80. The monoisotopic (exact) mass is 375 g/mol. The van der Waals surface area contributed by atoms with Crippen molar-refractivity contribution >= 4 is 0 Å². The third-order valence-corrected chi connectivity index (χ3v) is 3.47. The molecule has 1 N–H and O–H groups in total. The Bertz CT molecular complexity index is 612. The van der Waals surface area contributed by atoms with Crippen LogP contribution in [0.25, 0.3) is 0 Å². The summed E-state index contributed by atoms with van der Waals surface area (Å²) in [7, 11) is 1.76. The molecule has 0 aliphatic heterocycles. The lowest BCUT2D eigenvalue weighted by Gasteiger charge is -2.23. The van der Waals surface area contributed by atoms with Crippen LogP contribution in [0.3, 0.4) is 0 Å². The van der Waals surface area contributed by atoms with E-state index in [4.69, 9.17) is 9.47 Å². The molecule has 0 aromatic heterocycles. The van der Waals surface area contributed by atoms with Crippen LogP contribution in [-0.2, 0) is 10.9 Å². The topological polar surface area (TPSA) is 30.5 Å². The molecule has 0 heterocycles. The average molecular weight is 375 g/mol. The van der Waals surface area contributed by atoms with Crippen molar-refractivity contribution in [1.29, 1.82) is 0 Å². The molecule has 1 aromatic rings. The van der Waals surface area contributed by atoms with Crippen LogP contribution in [0.15, 0.2) is 42.0 Å². The molecule has 146 valence electrons. The van der Waals surface area contributed by atoms with Crippen molar-refractivity contribution in [2.45, 2.75) is 32.5 Å². The van der Waals surface area contributed by atoms with Crippen LogP contribution in [0.5, 0.6) is 5.75 Å². The number of likely N-dealkylation sites (N-methyl/N-ethyl adjacent to an activating group) is 1. The summed E-state index contributed by atoms with van der Waals surface area (Å²) in [5.74, 6) is -1.87. The zero-order valence-corrected chi connectivity index (χ0v) is 15.2. The molecule has 0 saturated heterocycles. The molecule has 7 heteroatoms. The third-order valence-electron chi connectivity index (χ3n) is 3.47. The minimum Gasteiger partial charge on any atom is -0.480 e. The van der Waals surface area contributed by atoms with E-state index in [-0.39, 0.29) is 6.61 Å². The Morgan fingerprint density at radius 3 is 2.62 bits per heavy atom. The second-order valence-corrected chi connectivity index (χ2v) is 5.51. The Balaban J connectivity index is 3.18. The van der Waals surface area contributed by atoms with Gasteiger partial charge in [-0.15, -0.1) is 0 Å². The van der Waals surface area contributed by atoms with E-state index in [0.717, 1.165) is 18.2 Å². The summed E-state index contributed by atoms with van der Waals surface area (Å²) in [6, 6.07) is 2.76. The Morgan fingerprint density at radius 1 is 1.31 bits per heavy atom. The number of halogens is 4. The summed E-state index contributed by atoms with van der Waals surface area (Å²) < 4.78 is 64.7. The van der Waals surface area contributed by atoms with E-state index in [2.05, 4.69) is 5.32 Å². The van der Waals surface area contributed by atoms with Crippen LogP contribution in [0, 0.1) is 5.82 Å². The van der Waals surface area contributed by atoms with E-state index in [9.17, 15) is 17.6 Å². The maximum absolute atomic E-state index is 14.1. The molecule has 1 unspecified atom stereocenters. The summed E-state index contributed by atoms with van der Waals surface area (Å²) >= 11 is 0. The van der Waals surface area contributed by atoms with Crippen LogP contribution in [0.1, 0.15) is 25.8 Å². The molecular weight excluding hydrogens is 350 g/mol. The Morgan fingerprint density at radius 2 is 2.04 bits per heavy atom. The number of benzene rings is 1. The maximum atomic E-state index is 14.1. The van der Waals surface area contributed by atoms with Crippen LogP contribution in [0.4, 0.5) is 17.6 Å². The fraction of sp³-hybridized carbons (Fsp3) is 0.474. The van der Waals surface area contributed by atoms with Gasteiger partial charge < -0.3 is 14.8 Å². The van der Waals surface area contributed by atoms with Gasteiger partial charge in [-0.3, -0.25) is 0 Å². The smallest absolute Gasteiger partial charge is 0.420 e. The van der Waals surface area contributed by atoms with Gasteiger partial charge in [0, 0.05) is 6.54 Å². The van der Waals surface area contributed by atoms with Crippen molar-refractivity contribution in [3.8, 4) is 5.75 Å². The van der Waals surface area contributed by atoms with E-state index in [0.29, 0.717) is 25.1 Å². The molecule has 0 aliphatic rings. The van der Waals surface area contributed by atoms with Crippen LogP contribution < -0.4 is 10.1 Å². The van der Waals surface area contributed by atoms with Crippen molar-refractivity contribution in [3.05, 3.63) is 53.4 Å². The molecule has 1 atom stereocenters. The molecule has 3 nitrogen and oxygen atoms in total. The highest BCUT2D eigenvalue weighted by molar-refractivity contribution is 5.38. The fourth-order valence-corrected chi connectivity index (χ4v) is 2.29. The van der Waals surface area contributed by atoms with Gasteiger partial charge in [0.25, 0.3) is 0 Å². The number of rotatable bonds is 10. The zero-order chi connectivity index (χ0) is 19.6. The Labute approximate surface area is 151 Å². The molecule has 26 heavy (non-hydrogen) atoms. The van der Waals surface area contributed by atoms with Gasteiger partial charge in [-0.1, -0.05) is 31.2 Å². The minimum atomic E-state index is -4.72.